The molecule has 1 fully saturated rings. The van der Waals surface area contributed by atoms with Crippen LogP contribution >= 0.6 is 0 Å². The van der Waals surface area contributed by atoms with Crippen molar-refractivity contribution in [1.82, 2.24) is 19.8 Å². The van der Waals surface area contributed by atoms with Crippen molar-refractivity contribution in [1.29, 1.82) is 0 Å². The number of aromatic amines is 2. The zero-order valence-electron chi connectivity index (χ0n) is 15.1. The molecule has 8 heteroatoms. The third-order valence-electron chi connectivity index (χ3n) is 4.83. The van der Waals surface area contributed by atoms with E-state index in [2.05, 4.69) is 14.9 Å². The van der Waals surface area contributed by atoms with E-state index in [1.807, 2.05) is 0 Å². The quantitative estimate of drug-likeness (QED) is 0.720. The molecule has 1 aliphatic rings. The van der Waals surface area contributed by atoms with Crippen molar-refractivity contribution in [3.8, 4) is 0 Å². The average molecular weight is 360 g/mol. The molecule has 2 heterocycles. The van der Waals surface area contributed by atoms with Gasteiger partial charge in [-0.1, -0.05) is 0 Å². The fraction of sp³-hybridized carbons (Fsp3) is 0.500. The van der Waals surface area contributed by atoms with Gasteiger partial charge in [0.2, 0.25) is 0 Å². The molecular formula is C18H24N4O4. The van der Waals surface area contributed by atoms with Crippen molar-refractivity contribution in [3.63, 3.8) is 0 Å². The second-order valence-electron chi connectivity index (χ2n) is 6.80. The number of rotatable bonds is 6. The third-order valence-corrected chi connectivity index (χ3v) is 4.83. The molecule has 1 amide bonds. The lowest BCUT2D eigenvalue weighted by Crippen LogP contribution is -2.34. The molecule has 2 N–H and O–H groups in total. The van der Waals surface area contributed by atoms with Crippen LogP contribution in [0.5, 0.6) is 0 Å². The fourth-order valence-electron chi connectivity index (χ4n) is 3.42. The predicted molar refractivity (Wildman–Crippen MR) is 98.6 cm³/mol. The zero-order valence-corrected chi connectivity index (χ0v) is 15.1. The molecule has 1 aromatic heterocycles. The summed E-state index contributed by atoms with van der Waals surface area (Å²) >= 11 is 0. The van der Waals surface area contributed by atoms with Gasteiger partial charge >= 0.3 is 11.1 Å². The number of nitrogens with one attached hydrogen (secondary N) is 2. The summed E-state index contributed by atoms with van der Waals surface area (Å²) in [6.07, 6.45) is 1.06. The first-order valence-corrected chi connectivity index (χ1v) is 8.71. The standard InChI is InChI=1S/C18H24N4O4/c1-21(10-12-5-6-22(11-12)7-8-26-2)18(25)13-3-4-14-15(9-13)20-17(24)16(23)19-14/h3-4,9,12H,5-8,10-11H2,1-2H3,(H,19,23)(H,20,24)/t12-/m0/s1. The average Bonchev–Trinajstić information content (AvgIpc) is 3.07. The molecule has 26 heavy (non-hydrogen) atoms. The van der Waals surface area contributed by atoms with E-state index < -0.39 is 11.1 Å². The Morgan fingerprint density at radius 3 is 2.73 bits per heavy atom. The van der Waals surface area contributed by atoms with Gasteiger partial charge in [0.05, 0.1) is 17.6 Å². The molecule has 1 aromatic carbocycles. The Kier molecular flexibility index (Phi) is 5.53. The van der Waals surface area contributed by atoms with E-state index >= 15 is 0 Å². The molecule has 0 spiro atoms. The molecule has 0 saturated carbocycles. The summed E-state index contributed by atoms with van der Waals surface area (Å²) in [6, 6.07) is 4.90. The monoisotopic (exact) mass is 360 g/mol. The highest BCUT2D eigenvalue weighted by Crippen LogP contribution is 2.18. The number of amides is 1. The number of benzene rings is 1. The van der Waals surface area contributed by atoms with Crippen molar-refractivity contribution in [2.45, 2.75) is 6.42 Å². The third kappa shape index (κ3) is 4.03. The number of hydrogen-bond acceptors (Lipinski definition) is 5. The van der Waals surface area contributed by atoms with Crippen LogP contribution in [0.4, 0.5) is 0 Å². The normalized spacial score (nSPS) is 17.7. The molecule has 2 aromatic rings. The van der Waals surface area contributed by atoms with Crippen LogP contribution in [0.2, 0.25) is 0 Å². The topological polar surface area (TPSA) is 98.5 Å². The van der Waals surface area contributed by atoms with E-state index in [1.54, 1.807) is 37.3 Å². The highest BCUT2D eigenvalue weighted by molar-refractivity contribution is 5.97. The first kappa shape index (κ1) is 18.3. The van der Waals surface area contributed by atoms with Gasteiger partial charge in [0.1, 0.15) is 0 Å². The lowest BCUT2D eigenvalue weighted by Gasteiger charge is -2.22. The van der Waals surface area contributed by atoms with Crippen LogP contribution in [-0.2, 0) is 4.74 Å². The molecule has 0 bridgehead atoms. The van der Waals surface area contributed by atoms with Crippen LogP contribution in [0.1, 0.15) is 16.8 Å². The van der Waals surface area contributed by atoms with Crippen molar-refractivity contribution >= 4 is 16.9 Å². The zero-order chi connectivity index (χ0) is 18.7. The van der Waals surface area contributed by atoms with Gasteiger partial charge < -0.3 is 24.5 Å². The smallest absolute Gasteiger partial charge is 0.314 e. The van der Waals surface area contributed by atoms with Crippen LogP contribution in [0.15, 0.2) is 27.8 Å². The van der Waals surface area contributed by atoms with E-state index in [9.17, 15) is 14.4 Å². The summed E-state index contributed by atoms with van der Waals surface area (Å²) in [4.78, 5) is 44.6. The number of ether oxygens (including phenoxy) is 1. The van der Waals surface area contributed by atoms with Crippen LogP contribution in [-0.4, -0.2) is 72.6 Å². The lowest BCUT2D eigenvalue weighted by molar-refractivity contribution is 0.0772. The first-order chi connectivity index (χ1) is 12.5. The van der Waals surface area contributed by atoms with Gasteiger partial charge in [-0.15, -0.1) is 0 Å². The molecule has 140 valence electrons. The van der Waals surface area contributed by atoms with Crippen molar-refractivity contribution in [3.05, 3.63) is 44.5 Å². The molecule has 3 rings (SSSR count). The number of likely N-dealkylation sites (tertiary alicyclic amines) is 1. The summed E-state index contributed by atoms with van der Waals surface area (Å²) in [5, 5.41) is 0. The van der Waals surface area contributed by atoms with E-state index in [0.717, 1.165) is 32.7 Å². The van der Waals surface area contributed by atoms with Gasteiger partial charge in [-0.3, -0.25) is 14.4 Å². The molecular weight excluding hydrogens is 336 g/mol. The highest BCUT2D eigenvalue weighted by Gasteiger charge is 2.25. The number of aromatic nitrogens is 2. The number of hydrogen-bond donors (Lipinski definition) is 2. The molecule has 0 aliphatic carbocycles. The Hall–Kier alpha value is -2.45. The Morgan fingerprint density at radius 1 is 1.27 bits per heavy atom. The van der Waals surface area contributed by atoms with Crippen LogP contribution in [0.3, 0.4) is 0 Å². The Labute approximate surface area is 150 Å². The van der Waals surface area contributed by atoms with Gasteiger partial charge in [-0.25, -0.2) is 0 Å². The Morgan fingerprint density at radius 2 is 2.00 bits per heavy atom. The molecule has 8 nitrogen and oxygen atoms in total. The molecule has 0 unspecified atom stereocenters. The van der Waals surface area contributed by atoms with E-state index in [1.165, 1.54) is 0 Å². The second kappa shape index (κ2) is 7.84. The van der Waals surface area contributed by atoms with Gasteiger partial charge in [0, 0.05) is 39.4 Å². The fourth-order valence-corrected chi connectivity index (χ4v) is 3.42. The number of H-pyrrole nitrogens is 2. The Bertz CT molecular complexity index is 904. The van der Waals surface area contributed by atoms with E-state index in [0.29, 0.717) is 29.1 Å². The Balaban J connectivity index is 1.67. The van der Waals surface area contributed by atoms with Gasteiger partial charge in [-0.05, 0) is 37.1 Å². The van der Waals surface area contributed by atoms with Crippen LogP contribution in [0, 0.1) is 5.92 Å². The maximum Gasteiger partial charge on any atom is 0.314 e. The lowest BCUT2D eigenvalue weighted by atomic mass is 10.1. The summed E-state index contributed by atoms with van der Waals surface area (Å²) < 4.78 is 5.11. The first-order valence-electron chi connectivity index (χ1n) is 8.71. The minimum absolute atomic E-state index is 0.103. The molecule has 0 radical (unpaired) electrons. The maximum absolute atomic E-state index is 12.7. The summed E-state index contributed by atoms with van der Waals surface area (Å²) in [5.41, 5.74) is 0.00119. The molecule has 1 saturated heterocycles. The van der Waals surface area contributed by atoms with E-state index in [-0.39, 0.29) is 5.91 Å². The van der Waals surface area contributed by atoms with Gasteiger partial charge in [0.15, 0.2) is 0 Å². The predicted octanol–water partition coefficient (Wildman–Crippen LogP) is 0.257. The maximum atomic E-state index is 12.7. The number of carbonyl (C=O) groups excluding carboxylic acids is 1. The minimum atomic E-state index is -0.724. The second-order valence-corrected chi connectivity index (χ2v) is 6.80. The van der Waals surface area contributed by atoms with Crippen LogP contribution < -0.4 is 11.1 Å². The highest BCUT2D eigenvalue weighted by atomic mass is 16.5. The van der Waals surface area contributed by atoms with Gasteiger partial charge in [0.25, 0.3) is 5.91 Å². The summed E-state index contributed by atoms with van der Waals surface area (Å²) in [5.74, 6) is 0.340. The van der Waals surface area contributed by atoms with Gasteiger partial charge in [-0.2, -0.15) is 0 Å². The largest absolute Gasteiger partial charge is 0.383 e. The minimum Gasteiger partial charge on any atom is -0.383 e. The SMILES string of the molecule is COCCN1CC[C@@H](CN(C)C(=O)c2ccc3[nH]c(=O)c(=O)[nH]c3c2)C1. The van der Waals surface area contributed by atoms with E-state index in [4.69, 9.17) is 4.74 Å². The summed E-state index contributed by atoms with van der Waals surface area (Å²) in [6.45, 7) is 4.32. The number of nitrogens with zero attached hydrogens (tertiary/aromatic N) is 2. The number of fused-ring (bicyclic) bond motifs is 1. The summed E-state index contributed by atoms with van der Waals surface area (Å²) in [7, 11) is 3.49. The van der Waals surface area contributed by atoms with Crippen molar-refractivity contribution < 1.29 is 9.53 Å². The van der Waals surface area contributed by atoms with Crippen molar-refractivity contribution in [2.24, 2.45) is 5.92 Å². The molecule has 1 atom stereocenters. The number of methoxy groups -OCH3 is 1. The van der Waals surface area contributed by atoms with Crippen LogP contribution in [0.25, 0.3) is 11.0 Å². The molecule has 1 aliphatic heterocycles. The van der Waals surface area contributed by atoms with Crippen molar-refractivity contribution in [2.75, 3.05) is 46.9 Å². The number of carbonyl (C=O) groups is 1.